The molecule has 0 aliphatic rings. The summed E-state index contributed by atoms with van der Waals surface area (Å²) < 4.78 is 0. The van der Waals surface area contributed by atoms with Crippen molar-refractivity contribution in [2.75, 3.05) is 4.90 Å². The molecule has 0 spiro atoms. The molecule has 0 aliphatic heterocycles. The molecule has 4 N–H and O–H groups in total. The third-order valence-corrected chi connectivity index (χ3v) is 3.44. The molecule has 5 heteroatoms. The van der Waals surface area contributed by atoms with Gasteiger partial charge in [-0.3, -0.25) is 14.5 Å². The Kier molecular flexibility index (Phi) is 4.23. The van der Waals surface area contributed by atoms with Gasteiger partial charge >= 0.3 is 0 Å². The molecule has 5 nitrogen and oxygen atoms in total. The zero-order valence-corrected chi connectivity index (χ0v) is 12.1. The number of rotatable bonds is 4. The second kappa shape index (κ2) is 5.93. The molecule has 2 amide bonds. The Bertz CT molecular complexity index is 682. The monoisotopic (exact) mass is 285 g/mol. The van der Waals surface area contributed by atoms with Crippen LogP contribution in [0.2, 0.25) is 0 Å². The number of hydrogen-bond acceptors (Lipinski definition) is 3. The first-order chi connectivity index (χ1) is 9.91. The number of fused-ring (bicyclic) bond motifs is 1. The van der Waals surface area contributed by atoms with Gasteiger partial charge in [-0.05, 0) is 36.8 Å². The van der Waals surface area contributed by atoms with Gasteiger partial charge in [-0.15, -0.1) is 0 Å². The van der Waals surface area contributed by atoms with Crippen LogP contribution in [0.25, 0.3) is 10.8 Å². The van der Waals surface area contributed by atoms with Crippen LogP contribution >= 0.6 is 0 Å². The van der Waals surface area contributed by atoms with Crippen LogP contribution < -0.4 is 16.4 Å². The van der Waals surface area contributed by atoms with Gasteiger partial charge in [0.25, 0.3) is 0 Å². The van der Waals surface area contributed by atoms with Crippen LogP contribution in [0.5, 0.6) is 0 Å². The van der Waals surface area contributed by atoms with E-state index in [4.69, 9.17) is 11.5 Å². The van der Waals surface area contributed by atoms with Crippen LogP contribution in [0.3, 0.4) is 0 Å². The van der Waals surface area contributed by atoms with E-state index in [1.54, 1.807) is 19.9 Å². The summed E-state index contributed by atoms with van der Waals surface area (Å²) in [4.78, 5) is 25.2. The molecule has 110 valence electrons. The van der Waals surface area contributed by atoms with E-state index in [0.717, 1.165) is 10.8 Å². The van der Waals surface area contributed by atoms with Crippen molar-refractivity contribution in [1.29, 1.82) is 0 Å². The normalized spacial score (nSPS) is 13.7. The van der Waals surface area contributed by atoms with Crippen molar-refractivity contribution in [2.45, 2.75) is 25.9 Å². The lowest BCUT2D eigenvalue weighted by molar-refractivity contribution is -0.124. The smallest absolute Gasteiger partial charge is 0.244 e. The second-order valence-corrected chi connectivity index (χ2v) is 5.11. The summed E-state index contributed by atoms with van der Waals surface area (Å²) in [5.41, 5.74) is 11.6. The number of nitrogens with two attached hydrogens (primary N) is 2. The fourth-order valence-corrected chi connectivity index (χ4v) is 2.21. The second-order valence-electron chi connectivity index (χ2n) is 5.11. The summed E-state index contributed by atoms with van der Waals surface area (Å²) in [5, 5.41) is 2.04. The first kappa shape index (κ1) is 15.0. The predicted molar refractivity (Wildman–Crippen MR) is 83.7 cm³/mol. The summed E-state index contributed by atoms with van der Waals surface area (Å²) in [6.45, 7) is 3.18. The van der Waals surface area contributed by atoms with Gasteiger partial charge in [0, 0.05) is 5.69 Å². The summed E-state index contributed by atoms with van der Waals surface area (Å²) >= 11 is 0. The fraction of sp³-hybridized carbons (Fsp3) is 0.250. The molecule has 0 radical (unpaired) electrons. The summed E-state index contributed by atoms with van der Waals surface area (Å²) in [5.74, 6) is -0.909. The number of amides is 2. The first-order valence-electron chi connectivity index (χ1n) is 6.78. The van der Waals surface area contributed by atoms with Gasteiger partial charge in [0.15, 0.2) is 0 Å². The van der Waals surface area contributed by atoms with Crippen molar-refractivity contribution < 1.29 is 9.59 Å². The molecule has 2 aromatic rings. The Labute approximate surface area is 123 Å². The van der Waals surface area contributed by atoms with Gasteiger partial charge in [-0.1, -0.05) is 30.3 Å². The molecule has 2 aromatic carbocycles. The molecule has 0 saturated carbocycles. The molecule has 0 unspecified atom stereocenters. The maximum Gasteiger partial charge on any atom is 0.244 e. The number of hydrogen-bond donors (Lipinski definition) is 2. The Balaban J connectivity index is 2.52. The Hall–Kier alpha value is -2.40. The first-order valence-corrected chi connectivity index (χ1v) is 6.78. The van der Waals surface area contributed by atoms with Crippen LogP contribution in [0.15, 0.2) is 42.5 Å². The minimum absolute atomic E-state index is 0.336. The molecule has 0 saturated heterocycles. The highest BCUT2D eigenvalue weighted by Gasteiger charge is 2.27. The number of nitrogens with zero attached hydrogens (tertiary/aromatic N) is 1. The molecule has 0 fully saturated rings. The van der Waals surface area contributed by atoms with E-state index in [1.807, 2.05) is 36.4 Å². The highest BCUT2D eigenvalue weighted by Crippen LogP contribution is 2.24. The van der Waals surface area contributed by atoms with Gasteiger partial charge in [0.1, 0.15) is 6.04 Å². The van der Waals surface area contributed by atoms with Crippen molar-refractivity contribution in [3.63, 3.8) is 0 Å². The average Bonchev–Trinajstić information content (AvgIpc) is 2.46. The standard InChI is InChI=1S/C16H19N3O2/c1-10(17)16(21)19(11(2)15(18)20)14-8-7-12-5-3-4-6-13(12)9-14/h3-11H,17H2,1-2H3,(H2,18,20)/t10-,11-/m0/s1. The van der Waals surface area contributed by atoms with E-state index in [9.17, 15) is 9.59 Å². The zero-order valence-electron chi connectivity index (χ0n) is 12.1. The maximum atomic E-state index is 12.3. The van der Waals surface area contributed by atoms with E-state index < -0.39 is 18.0 Å². The van der Waals surface area contributed by atoms with Gasteiger partial charge in [0.05, 0.1) is 6.04 Å². The van der Waals surface area contributed by atoms with E-state index in [0.29, 0.717) is 5.69 Å². The van der Waals surface area contributed by atoms with E-state index in [-0.39, 0.29) is 5.91 Å². The van der Waals surface area contributed by atoms with Crippen LogP contribution in [0.1, 0.15) is 13.8 Å². The quantitative estimate of drug-likeness (QED) is 0.889. The van der Waals surface area contributed by atoms with Gasteiger partial charge in [-0.25, -0.2) is 0 Å². The third-order valence-electron chi connectivity index (χ3n) is 3.44. The van der Waals surface area contributed by atoms with Crippen LogP contribution in [-0.2, 0) is 9.59 Å². The van der Waals surface area contributed by atoms with E-state index in [1.165, 1.54) is 4.90 Å². The molecule has 0 heterocycles. The van der Waals surface area contributed by atoms with Crippen LogP contribution in [-0.4, -0.2) is 23.9 Å². The van der Waals surface area contributed by atoms with Gasteiger partial charge < -0.3 is 11.5 Å². The largest absolute Gasteiger partial charge is 0.368 e. The number of carbonyl (C=O) groups excluding carboxylic acids is 2. The topological polar surface area (TPSA) is 89.4 Å². The van der Waals surface area contributed by atoms with Crippen molar-refractivity contribution in [2.24, 2.45) is 11.5 Å². The van der Waals surface area contributed by atoms with Crippen molar-refractivity contribution >= 4 is 28.3 Å². The predicted octanol–water partition coefficient (Wildman–Crippen LogP) is 1.39. The highest BCUT2D eigenvalue weighted by atomic mass is 16.2. The molecule has 0 bridgehead atoms. The Morgan fingerprint density at radius 1 is 1.05 bits per heavy atom. The number of anilines is 1. The lowest BCUT2D eigenvalue weighted by Crippen LogP contribution is -2.51. The summed E-state index contributed by atoms with van der Waals surface area (Å²) in [6.07, 6.45) is 0. The van der Waals surface area contributed by atoms with Crippen LogP contribution in [0, 0.1) is 0 Å². The molecular formula is C16H19N3O2. The minimum Gasteiger partial charge on any atom is -0.368 e. The Morgan fingerprint density at radius 2 is 1.67 bits per heavy atom. The third kappa shape index (κ3) is 3.03. The lowest BCUT2D eigenvalue weighted by Gasteiger charge is -2.29. The molecule has 2 atom stereocenters. The average molecular weight is 285 g/mol. The summed E-state index contributed by atoms with van der Waals surface area (Å²) in [6, 6.07) is 11.9. The van der Waals surface area contributed by atoms with Crippen molar-refractivity contribution in [3.8, 4) is 0 Å². The molecule has 21 heavy (non-hydrogen) atoms. The maximum absolute atomic E-state index is 12.3. The lowest BCUT2D eigenvalue weighted by atomic mass is 10.1. The zero-order chi connectivity index (χ0) is 15.6. The fourth-order valence-electron chi connectivity index (χ4n) is 2.21. The SMILES string of the molecule is C[C@H](N)C(=O)N(c1ccc2ccccc2c1)[C@@H](C)C(N)=O. The molecule has 0 aliphatic carbocycles. The highest BCUT2D eigenvalue weighted by molar-refractivity contribution is 6.03. The number of carbonyl (C=O) groups is 2. The Morgan fingerprint density at radius 3 is 2.24 bits per heavy atom. The van der Waals surface area contributed by atoms with E-state index in [2.05, 4.69) is 0 Å². The number of primary amides is 1. The number of benzene rings is 2. The van der Waals surface area contributed by atoms with Gasteiger partial charge in [0.2, 0.25) is 11.8 Å². The van der Waals surface area contributed by atoms with Crippen molar-refractivity contribution in [3.05, 3.63) is 42.5 Å². The molecular weight excluding hydrogens is 266 g/mol. The molecule has 2 rings (SSSR count). The minimum atomic E-state index is -0.760. The van der Waals surface area contributed by atoms with Crippen molar-refractivity contribution in [1.82, 2.24) is 0 Å². The van der Waals surface area contributed by atoms with Crippen LogP contribution in [0.4, 0.5) is 5.69 Å². The van der Waals surface area contributed by atoms with Gasteiger partial charge in [-0.2, -0.15) is 0 Å². The van der Waals surface area contributed by atoms with E-state index >= 15 is 0 Å². The summed E-state index contributed by atoms with van der Waals surface area (Å²) in [7, 11) is 0. The molecule has 0 aromatic heterocycles.